The third-order valence-electron chi connectivity index (χ3n) is 2.93. The van der Waals surface area contributed by atoms with Crippen LogP contribution in [0.4, 0.5) is 0 Å². The fourth-order valence-electron chi connectivity index (χ4n) is 1.83. The molecule has 2 nitrogen and oxygen atoms in total. The van der Waals surface area contributed by atoms with E-state index in [0.717, 1.165) is 33.1 Å². The molecule has 0 spiro atoms. The van der Waals surface area contributed by atoms with Gasteiger partial charge in [0.1, 0.15) is 0 Å². The van der Waals surface area contributed by atoms with Gasteiger partial charge in [0.2, 0.25) is 0 Å². The molecule has 1 atom stereocenters. The van der Waals surface area contributed by atoms with Crippen LogP contribution in [-0.2, 0) is 13.2 Å². The molecule has 14 heavy (non-hydrogen) atoms. The fraction of sp³-hybridized carbons (Fsp3) is 0.455. The van der Waals surface area contributed by atoms with Crippen LogP contribution in [0.15, 0.2) is 0 Å². The van der Waals surface area contributed by atoms with Crippen molar-refractivity contribution in [2.75, 3.05) is 0 Å². The summed E-state index contributed by atoms with van der Waals surface area (Å²) in [4.78, 5) is 0. The molecule has 0 amide bonds. The highest BCUT2D eigenvalue weighted by atomic mass is 31.0. The molecule has 0 aliphatic carbocycles. The van der Waals surface area contributed by atoms with Crippen LogP contribution in [0.5, 0.6) is 0 Å². The summed E-state index contributed by atoms with van der Waals surface area (Å²) in [7, 11) is 2.67. The first-order valence-corrected chi connectivity index (χ1v) is 5.21. The SMILES string of the molecule is Cc1c(P)c(C)c(CO)c(C)c1CO. The smallest absolute Gasteiger partial charge is 0.0687 e. The highest BCUT2D eigenvalue weighted by molar-refractivity contribution is 7.27. The lowest BCUT2D eigenvalue weighted by atomic mass is 9.94. The molecule has 0 fully saturated rings. The van der Waals surface area contributed by atoms with E-state index in [2.05, 4.69) is 9.24 Å². The van der Waals surface area contributed by atoms with E-state index in [1.807, 2.05) is 20.8 Å². The second-order valence-electron chi connectivity index (χ2n) is 3.56. The van der Waals surface area contributed by atoms with E-state index in [1.165, 1.54) is 0 Å². The molecular formula is C11H17O2P. The molecule has 0 aliphatic rings. The van der Waals surface area contributed by atoms with Crippen LogP contribution in [-0.4, -0.2) is 10.2 Å². The lowest BCUT2D eigenvalue weighted by Crippen LogP contribution is -2.13. The van der Waals surface area contributed by atoms with Crippen LogP contribution in [0.2, 0.25) is 0 Å². The van der Waals surface area contributed by atoms with E-state index in [-0.39, 0.29) is 13.2 Å². The van der Waals surface area contributed by atoms with E-state index in [9.17, 15) is 10.2 Å². The molecule has 0 saturated carbocycles. The second-order valence-corrected chi connectivity index (χ2v) is 4.14. The lowest BCUT2D eigenvalue weighted by Gasteiger charge is -2.17. The maximum absolute atomic E-state index is 9.24. The van der Waals surface area contributed by atoms with Gasteiger partial charge in [-0.25, -0.2) is 0 Å². The van der Waals surface area contributed by atoms with Gasteiger partial charge in [0.25, 0.3) is 0 Å². The Labute approximate surface area is 87.2 Å². The number of aliphatic hydroxyl groups is 2. The summed E-state index contributed by atoms with van der Waals surface area (Å²) in [6.45, 7) is 6.00. The maximum atomic E-state index is 9.24. The Hall–Kier alpha value is -0.430. The highest BCUT2D eigenvalue weighted by Crippen LogP contribution is 2.22. The van der Waals surface area contributed by atoms with Crippen molar-refractivity contribution in [3.63, 3.8) is 0 Å². The third kappa shape index (κ3) is 1.70. The Morgan fingerprint density at radius 3 is 1.50 bits per heavy atom. The molecule has 0 radical (unpaired) electrons. The van der Waals surface area contributed by atoms with Gasteiger partial charge in [0.15, 0.2) is 0 Å². The highest BCUT2D eigenvalue weighted by Gasteiger charge is 2.13. The van der Waals surface area contributed by atoms with Crippen molar-refractivity contribution in [2.45, 2.75) is 34.0 Å². The van der Waals surface area contributed by atoms with Gasteiger partial charge < -0.3 is 10.2 Å². The van der Waals surface area contributed by atoms with Crippen molar-refractivity contribution in [3.05, 3.63) is 27.8 Å². The molecule has 1 rings (SSSR count). The van der Waals surface area contributed by atoms with E-state index in [1.54, 1.807) is 0 Å². The predicted octanol–water partition coefficient (Wildman–Crippen LogP) is 1.10. The number of aliphatic hydroxyl groups excluding tert-OH is 2. The minimum atomic E-state index is 0.0341. The Morgan fingerprint density at radius 1 is 0.857 bits per heavy atom. The quantitative estimate of drug-likeness (QED) is 0.721. The van der Waals surface area contributed by atoms with Crippen LogP contribution >= 0.6 is 9.24 Å². The molecule has 0 aliphatic heterocycles. The summed E-state index contributed by atoms with van der Waals surface area (Å²) in [5.41, 5.74) is 5.08. The molecule has 0 saturated heterocycles. The van der Waals surface area contributed by atoms with Crippen molar-refractivity contribution >= 4 is 14.5 Å². The molecular weight excluding hydrogens is 195 g/mol. The lowest BCUT2D eigenvalue weighted by molar-refractivity contribution is 0.273. The number of benzene rings is 1. The van der Waals surface area contributed by atoms with Gasteiger partial charge >= 0.3 is 0 Å². The molecule has 0 aromatic heterocycles. The zero-order chi connectivity index (χ0) is 10.9. The van der Waals surface area contributed by atoms with E-state index in [0.29, 0.717) is 0 Å². The van der Waals surface area contributed by atoms with Gasteiger partial charge in [0, 0.05) is 0 Å². The first kappa shape index (κ1) is 11.6. The summed E-state index contributed by atoms with van der Waals surface area (Å²) in [6.07, 6.45) is 0. The molecule has 2 N–H and O–H groups in total. The Bertz CT molecular complexity index is 328. The largest absolute Gasteiger partial charge is 0.392 e. The third-order valence-corrected chi connectivity index (χ3v) is 3.80. The molecule has 3 heteroatoms. The standard InChI is InChI=1S/C11H17O2P/c1-6-9(4-12)7(2)11(14)8(3)10(6)5-13/h12-13H,4-5,14H2,1-3H3. The first-order chi connectivity index (χ1) is 6.54. The van der Waals surface area contributed by atoms with Crippen LogP contribution in [0, 0.1) is 20.8 Å². The number of hydrogen-bond donors (Lipinski definition) is 2. The number of hydrogen-bond acceptors (Lipinski definition) is 2. The second kappa shape index (κ2) is 4.39. The van der Waals surface area contributed by atoms with Gasteiger partial charge in [-0.1, -0.05) is 0 Å². The minimum Gasteiger partial charge on any atom is -0.392 e. The topological polar surface area (TPSA) is 40.5 Å². The van der Waals surface area contributed by atoms with E-state index in [4.69, 9.17) is 0 Å². The zero-order valence-electron chi connectivity index (χ0n) is 8.89. The van der Waals surface area contributed by atoms with E-state index < -0.39 is 0 Å². The summed E-state index contributed by atoms with van der Waals surface area (Å²) < 4.78 is 0. The molecule has 1 aromatic carbocycles. The van der Waals surface area contributed by atoms with Crippen LogP contribution < -0.4 is 5.30 Å². The molecule has 0 heterocycles. The van der Waals surface area contributed by atoms with Gasteiger partial charge in [-0.2, -0.15) is 0 Å². The molecule has 0 bridgehead atoms. The Balaban J connectivity index is 3.56. The molecule has 1 aromatic rings. The predicted molar refractivity (Wildman–Crippen MR) is 61.8 cm³/mol. The summed E-state index contributed by atoms with van der Waals surface area (Å²) in [5, 5.41) is 19.6. The average Bonchev–Trinajstić information content (AvgIpc) is 2.16. The van der Waals surface area contributed by atoms with Crippen LogP contribution in [0.25, 0.3) is 0 Å². The minimum absolute atomic E-state index is 0.0341. The van der Waals surface area contributed by atoms with Crippen molar-refractivity contribution in [3.8, 4) is 0 Å². The van der Waals surface area contributed by atoms with Crippen molar-refractivity contribution in [1.82, 2.24) is 0 Å². The molecule has 78 valence electrons. The molecule has 1 unspecified atom stereocenters. The Morgan fingerprint density at radius 2 is 1.21 bits per heavy atom. The zero-order valence-corrected chi connectivity index (χ0v) is 10.0. The summed E-state index contributed by atoms with van der Waals surface area (Å²) in [6, 6.07) is 0. The normalized spacial score (nSPS) is 10.7. The van der Waals surface area contributed by atoms with Gasteiger partial charge in [-0.05, 0) is 53.9 Å². The first-order valence-electron chi connectivity index (χ1n) is 4.63. The van der Waals surface area contributed by atoms with Crippen molar-refractivity contribution < 1.29 is 10.2 Å². The number of rotatable bonds is 2. The van der Waals surface area contributed by atoms with Crippen molar-refractivity contribution in [2.24, 2.45) is 0 Å². The van der Waals surface area contributed by atoms with Gasteiger partial charge in [-0.15, -0.1) is 9.24 Å². The summed E-state index contributed by atoms with van der Waals surface area (Å²) in [5.74, 6) is 0. The Kier molecular flexibility index (Phi) is 3.65. The summed E-state index contributed by atoms with van der Waals surface area (Å²) >= 11 is 0. The van der Waals surface area contributed by atoms with E-state index >= 15 is 0 Å². The maximum Gasteiger partial charge on any atom is 0.0687 e. The monoisotopic (exact) mass is 212 g/mol. The van der Waals surface area contributed by atoms with Gasteiger partial charge in [-0.3, -0.25) is 0 Å². The van der Waals surface area contributed by atoms with Crippen LogP contribution in [0.3, 0.4) is 0 Å². The van der Waals surface area contributed by atoms with Gasteiger partial charge in [0.05, 0.1) is 13.2 Å². The van der Waals surface area contributed by atoms with Crippen LogP contribution in [0.1, 0.15) is 27.8 Å². The average molecular weight is 212 g/mol. The fourth-order valence-corrected chi connectivity index (χ4v) is 2.17. The van der Waals surface area contributed by atoms with Crippen molar-refractivity contribution in [1.29, 1.82) is 0 Å².